The summed E-state index contributed by atoms with van der Waals surface area (Å²) >= 11 is 11.8. The molecule has 36 heavy (non-hydrogen) atoms. The van der Waals surface area contributed by atoms with Crippen molar-refractivity contribution in [1.82, 2.24) is 10.6 Å². The third kappa shape index (κ3) is 5.05. The van der Waals surface area contributed by atoms with Gasteiger partial charge in [0.15, 0.2) is 18.5 Å². The molecule has 6 rings (SSSR count). The molecule has 3 N–H and O–H groups in total. The lowest BCUT2D eigenvalue weighted by Gasteiger charge is -2.70. The zero-order valence-electron chi connectivity index (χ0n) is 19.5. The van der Waals surface area contributed by atoms with Gasteiger partial charge in [0.05, 0.1) is 11.6 Å². The Morgan fingerprint density at radius 2 is 1.94 bits per heavy atom. The Balaban J connectivity index is 1.12. The van der Waals surface area contributed by atoms with Gasteiger partial charge in [-0.1, -0.05) is 23.2 Å². The first kappa shape index (κ1) is 25.3. The van der Waals surface area contributed by atoms with Crippen molar-refractivity contribution in [2.45, 2.75) is 49.8 Å². The minimum absolute atomic E-state index is 0.00951. The van der Waals surface area contributed by atoms with E-state index in [9.17, 15) is 19.1 Å². The predicted octanol–water partition coefficient (Wildman–Crippen LogP) is 3.98. The zero-order valence-corrected chi connectivity index (χ0v) is 21.0. The maximum Gasteiger partial charge on any atom is 0.258 e. The summed E-state index contributed by atoms with van der Waals surface area (Å²) in [5.74, 6) is 0.00860. The van der Waals surface area contributed by atoms with Crippen molar-refractivity contribution in [2.75, 3.05) is 19.8 Å². The number of carbonyl (C=O) groups excluding carboxylic acids is 2. The average molecular weight is 537 g/mol. The van der Waals surface area contributed by atoms with Crippen molar-refractivity contribution in [3.05, 3.63) is 57.8 Å². The highest BCUT2D eigenvalue weighted by Gasteiger charge is 2.68. The van der Waals surface area contributed by atoms with Crippen LogP contribution in [0.15, 0.2) is 36.4 Å². The number of nitrogens with one attached hydrogen (secondary N) is 2. The smallest absolute Gasteiger partial charge is 0.258 e. The van der Waals surface area contributed by atoms with Gasteiger partial charge >= 0.3 is 0 Å². The van der Waals surface area contributed by atoms with E-state index in [1.807, 2.05) is 6.07 Å². The summed E-state index contributed by atoms with van der Waals surface area (Å²) in [6.07, 6.45) is 2.48. The Hall–Kier alpha value is -2.39. The number of benzene rings is 2. The summed E-state index contributed by atoms with van der Waals surface area (Å²) in [6.45, 7) is 0.168. The molecule has 0 unspecified atom stereocenters. The van der Waals surface area contributed by atoms with Crippen molar-refractivity contribution >= 4 is 34.9 Å². The van der Waals surface area contributed by atoms with Gasteiger partial charge < -0.3 is 25.2 Å². The van der Waals surface area contributed by atoms with Gasteiger partial charge in [0.1, 0.15) is 17.3 Å². The number of amides is 1. The van der Waals surface area contributed by atoms with Gasteiger partial charge in [-0.2, -0.15) is 0 Å². The highest BCUT2D eigenvalue weighted by Crippen LogP contribution is 2.69. The van der Waals surface area contributed by atoms with E-state index in [1.54, 1.807) is 12.1 Å². The number of aliphatic hydroxyl groups excluding tert-OH is 1. The van der Waals surface area contributed by atoms with Crippen LogP contribution < -0.4 is 20.1 Å². The van der Waals surface area contributed by atoms with Crippen LogP contribution in [0.1, 0.15) is 43.7 Å². The molecule has 2 aromatic carbocycles. The summed E-state index contributed by atoms with van der Waals surface area (Å²) in [5, 5.41) is 16.1. The summed E-state index contributed by atoms with van der Waals surface area (Å²) in [5.41, 5.74) is 0.478. The molecule has 0 spiro atoms. The van der Waals surface area contributed by atoms with Crippen LogP contribution >= 0.6 is 23.2 Å². The van der Waals surface area contributed by atoms with Crippen LogP contribution in [0, 0.1) is 11.2 Å². The molecule has 7 nitrogen and oxygen atoms in total. The van der Waals surface area contributed by atoms with Gasteiger partial charge in [-0.15, -0.1) is 0 Å². The molecule has 3 fully saturated rings. The monoisotopic (exact) mass is 536 g/mol. The molecule has 0 saturated heterocycles. The largest absolute Gasteiger partial charge is 0.484 e. The number of halogens is 3. The van der Waals surface area contributed by atoms with Crippen LogP contribution in [0.3, 0.4) is 0 Å². The van der Waals surface area contributed by atoms with Crippen LogP contribution in [0.5, 0.6) is 11.5 Å². The fourth-order valence-corrected chi connectivity index (χ4v) is 6.22. The predicted molar refractivity (Wildman–Crippen MR) is 132 cm³/mol. The second-order valence-electron chi connectivity index (χ2n) is 10.1. The number of fused-ring (bicyclic) bond motifs is 1. The van der Waals surface area contributed by atoms with E-state index in [0.717, 1.165) is 30.9 Å². The number of hydrogen-bond acceptors (Lipinski definition) is 6. The maximum absolute atomic E-state index is 13.5. The number of hydrogen-bond donors (Lipinski definition) is 3. The Labute approximate surface area is 218 Å². The van der Waals surface area contributed by atoms with Gasteiger partial charge in [0, 0.05) is 47.6 Å². The molecular formula is C26H27Cl2FN2O5. The number of carbonyl (C=O) groups is 2. The van der Waals surface area contributed by atoms with Crippen LogP contribution in [-0.2, 0) is 9.59 Å². The normalized spacial score (nSPS) is 27.7. The van der Waals surface area contributed by atoms with Crippen molar-refractivity contribution in [2.24, 2.45) is 5.41 Å². The van der Waals surface area contributed by atoms with Gasteiger partial charge in [-0.25, -0.2) is 4.39 Å². The van der Waals surface area contributed by atoms with E-state index < -0.39 is 11.9 Å². The van der Waals surface area contributed by atoms with Gasteiger partial charge in [0.2, 0.25) is 0 Å². The summed E-state index contributed by atoms with van der Waals surface area (Å²) < 4.78 is 24.9. The third-order valence-electron chi connectivity index (χ3n) is 7.28. The van der Waals surface area contributed by atoms with E-state index in [4.69, 9.17) is 32.7 Å². The van der Waals surface area contributed by atoms with Crippen LogP contribution in [0.25, 0.3) is 0 Å². The molecule has 2 atom stereocenters. The molecule has 0 aromatic heterocycles. The molecule has 1 heterocycles. The molecule has 1 amide bonds. The topological polar surface area (TPSA) is 96.9 Å². The third-order valence-corrected chi connectivity index (χ3v) is 7.82. The van der Waals surface area contributed by atoms with E-state index in [0.29, 0.717) is 30.2 Å². The Morgan fingerprint density at radius 1 is 1.17 bits per heavy atom. The fourth-order valence-electron chi connectivity index (χ4n) is 5.92. The molecule has 192 valence electrons. The Kier molecular flexibility index (Phi) is 6.89. The summed E-state index contributed by atoms with van der Waals surface area (Å²) in [6, 6.07) is 9.22. The standard InChI is InChI=1S/C26H27Cl2FN2O5/c27-15-1-4-22-17(7-15)20(30-5-6-32)9-23(36-22)21(33)10-25-12-26(13-25,14-25)31-24(34)11-35-16-2-3-18(28)19(29)8-16/h1-4,7-8,20,23,30,32H,5-6,9-14H2,(H,31,34)/t20-,23+,25?,26?/m0/s1. The number of Topliss-reactive ketones (excluding diaryl/α,β-unsaturated/α-hetero) is 1. The van der Waals surface area contributed by atoms with Crippen molar-refractivity contribution < 1.29 is 28.6 Å². The number of ether oxygens (including phenoxy) is 2. The van der Waals surface area contributed by atoms with E-state index >= 15 is 0 Å². The number of ketones is 1. The average Bonchev–Trinajstić information content (AvgIpc) is 2.81. The Bertz CT molecular complexity index is 1170. The molecular weight excluding hydrogens is 510 g/mol. The minimum Gasteiger partial charge on any atom is -0.484 e. The molecule has 3 saturated carbocycles. The molecule has 0 radical (unpaired) electrons. The van der Waals surface area contributed by atoms with Crippen LogP contribution in [0.4, 0.5) is 4.39 Å². The van der Waals surface area contributed by atoms with E-state index in [1.165, 1.54) is 12.1 Å². The lowest BCUT2D eigenvalue weighted by atomic mass is 9.38. The maximum atomic E-state index is 13.5. The molecule has 1 aliphatic heterocycles. The summed E-state index contributed by atoms with van der Waals surface area (Å²) in [7, 11) is 0. The SMILES string of the molecule is O=C(COc1ccc(Cl)c(F)c1)NC12CC(CC(=O)[C@H]3C[C@H](NCCO)c4cc(Cl)ccc4O3)(C1)C2. The Morgan fingerprint density at radius 3 is 2.67 bits per heavy atom. The number of aliphatic hydroxyl groups is 1. The minimum atomic E-state index is -0.606. The van der Waals surface area contributed by atoms with Gasteiger partial charge in [-0.3, -0.25) is 9.59 Å². The first-order valence-electron chi connectivity index (χ1n) is 11.9. The number of rotatable bonds is 10. The summed E-state index contributed by atoms with van der Waals surface area (Å²) in [4.78, 5) is 25.6. The highest BCUT2D eigenvalue weighted by atomic mass is 35.5. The second kappa shape index (κ2) is 9.82. The first-order chi connectivity index (χ1) is 17.2. The van der Waals surface area contributed by atoms with Crippen molar-refractivity contribution in [3.63, 3.8) is 0 Å². The lowest BCUT2D eigenvalue weighted by molar-refractivity contribution is -0.175. The fraction of sp³-hybridized carbons (Fsp3) is 0.462. The van der Waals surface area contributed by atoms with Crippen LogP contribution in [0.2, 0.25) is 10.0 Å². The van der Waals surface area contributed by atoms with Gasteiger partial charge in [-0.05, 0) is 55.0 Å². The van der Waals surface area contributed by atoms with Crippen molar-refractivity contribution in [3.8, 4) is 11.5 Å². The second-order valence-corrected chi connectivity index (χ2v) is 11.0. The lowest BCUT2D eigenvalue weighted by Crippen LogP contribution is -2.75. The molecule has 3 aliphatic carbocycles. The van der Waals surface area contributed by atoms with Gasteiger partial charge in [0.25, 0.3) is 5.91 Å². The van der Waals surface area contributed by atoms with Crippen molar-refractivity contribution in [1.29, 1.82) is 0 Å². The quantitative estimate of drug-likeness (QED) is 0.425. The molecule has 10 heteroatoms. The first-order valence-corrected chi connectivity index (χ1v) is 12.7. The van der Waals surface area contributed by atoms with E-state index in [-0.39, 0.29) is 52.7 Å². The van der Waals surface area contributed by atoms with Crippen LogP contribution in [-0.4, -0.2) is 48.2 Å². The molecule has 2 aromatic rings. The zero-order chi connectivity index (χ0) is 25.5. The highest BCUT2D eigenvalue weighted by molar-refractivity contribution is 6.31. The molecule has 4 aliphatic rings. The molecule has 2 bridgehead atoms. The van der Waals surface area contributed by atoms with E-state index in [2.05, 4.69) is 10.6 Å².